The first-order valence-electron chi connectivity index (χ1n) is 6.24. The number of amides is 1. The van der Waals surface area contributed by atoms with Crippen LogP contribution < -0.4 is 5.32 Å². The van der Waals surface area contributed by atoms with Crippen LogP contribution in [-0.4, -0.2) is 12.5 Å². The first kappa shape index (κ1) is 13.8. The fourth-order valence-electron chi connectivity index (χ4n) is 1.74. The molecule has 1 aromatic carbocycles. The zero-order valence-electron chi connectivity index (χ0n) is 11.3. The quantitative estimate of drug-likeness (QED) is 0.792. The van der Waals surface area contributed by atoms with Crippen molar-refractivity contribution in [1.29, 1.82) is 0 Å². The van der Waals surface area contributed by atoms with Crippen molar-refractivity contribution in [3.05, 3.63) is 35.4 Å². The number of aryl methyl sites for hydroxylation is 1. The molecule has 0 fully saturated rings. The van der Waals surface area contributed by atoms with Crippen LogP contribution in [0.3, 0.4) is 0 Å². The maximum absolute atomic E-state index is 11.9. The van der Waals surface area contributed by atoms with Crippen LogP contribution in [0.2, 0.25) is 0 Å². The molecule has 0 aliphatic rings. The SMILES string of the molecule is Cc1ccccc1C(=O)NCCCC(C)(C)C. The molecular formula is C15H23NO. The van der Waals surface area contributed by atoms with Gasteiger partial charge in [0.25, 0.3) is 5.91 Å². The van der Waals surface area contributed by atoms with Crippen molar-refractivity contribution in [1.82, 2.24) is 5.32 Å². The molecule has 0 atom stereocenters. The van der Waals surface area contributed by atoms with Gasteiger partial charge in [0.2, 0.25) is 0 Å². The number of carbonyl (C=O) groups is 1. The summed E-state index contributed by atoms with van der Waals surface area (Å²) in [5.41, 5.74) is 2.15. The molecule has 0 radical (unpaired) electrons. The van der Waals surface area contributed by atoms with E-state index >= 15 is 0 Å². The molecule has 1 aromatic rings. The predicted molar refractivity (Wildman–Crippen MR) is 72.2 cm³/mol. The van der Waals surface area contributed by atoms with Crippen LogP contribution >= 0.6 is 0 Å². The third-order valence-electron chi connectivity index (χ3n) is 2.78. The number of nitrogens with one attached hydrogen (secondary N) is 1. The van der Waals surface area contributed by atoms with E-state index < -0.39 is 0 Å². The molecule has 1 rings (SSSR count). The monoisotopic (exact) mass is 233 g/mol. The molecule has 2 nitrogen and oxygen atoms in total. The zero-order valence-corrected chi connectivity index (χ0v) is 11.3. The van der Waals surface area contributed by atoms with Gasteiger partial charge in [0.1, 0.15) is 0 Å². The summed E-state index contributed by atoms with van der Waals surface area (Å²) in [5.74, 6) is 0.0389. The lowest BCUT2D eigenvalue weighted by atomic mass is 9.91. The minimum atomic E-state index is 0.0389. The largest absolute Gasteiger partial charge is 0.352 e. The molecule has 2 heteroatoms. The Balaban J connectivity index is 2.39. The fourth-order valence-corrected chi connectivity index (χ4v) is 1.74. The molecule has 0 spiro atoms. The first-order valence-corrected chi connectivity index (χ1v) is 6.24. The van der Waals surface area contributed by atoms with Crippen molar-refractivity contribution >= 4 is 5.91 Å². The van der Waals surface area contributed by atoms with Gasteiger partial charge in [0, 0.05) is 12.1 Å². The fraction of sp³-hybridized carbons (Fsp3) is 0.533. The van der Waals surface area contributed by atoms with E-state index in [0.717, 1.165) is 30.5 Å². The summed E-state index contributed by atoms with van der Waals surface area (Å²) in [6.07, 6.45) is 2.15. The van der Waals surface area contributed by atoms with Gasteiger partial charge < -0.3 is 5.32 Å². The van der Waals surface area contributed by atoms with Crippen LogP contribution in [0.4, 0.5) is 0 Å². The Morgan fingerprint density at radius 3 is 2.47 bits per heavy atom. The van der Waals surface area contributed by atoms with Gasteiger partial charge >= 0.3 is 0 Å². The Hall–Kier alpha value is -1.31. The standard InChI is InChI=1S/C15H23NO/c1-12-8-5-6-9-13(12)14(17)16-11-7-10-15(2,3)4/h5-6,8-9H,7,10-11H2,1-4H3,(H,16,17). The van der Waals surface area contributed by atoms with Crippen molar-refractivity contribution in [3.8, 4) is 0 Å². The number of hydrogen-bond donors (Lipinski definition) is 1. The van der Waals surface area contributed by atoms with Gasteiger partial charge in [-0.3, -0.25) is 4.79 Å². The van der Waals surface area contributed by atoms with Gasteiger partial charge in [-0.15, -0.1) is 0 Å². The summed E-state index contributed by atoms with van der Waals surface area (Å²) in [6, 6.07) is 7.68. The topological polar surface area (TPSA) is 29.1 Å². The minimum Gasteiger partial charge on any atom is -0.352 e. The van der Waals surface area contributed by atoms with Crippen LogP contribution in [0.5, 0.6) is 0 Å². The Morgan fingerprint density at radius 2 is 1.88 bits per heavy atom. The highest BCUT2D eigenvalue weighted by Gasteiger charge is 2.10. The van der Waals surface area contributed by atoms with E-state index in [-0.39, 0.29) is 5.91 Å². The molecule has 94 valence electrons. The molecule has 0 heterocycles. The molecule has 17 heavy (non-hydrogen) atoms. The molecular weight excluding hydrogens is 210 g/mol. The maximum Gasteiger partial charge on any atom is 0.251 e. The van der Waals surface area contributed by atoms with Crippen LogP contribution in [0.1, 0.15) is 49.5 Å². The van der Waals surface area contributed by atoms with Crippen molar-refractivity contribution in [3.63, 3.8) is 0 Å². The molecule has 0 aliphatic carbocycles. The third kappa shape index (κ3) is 5.03. The van der Waals surface area contributed by atoms with Gasteiger partial charge in [-0.2, -0.15) is 0 Å². The highest BCUT2D eigenvalue weighted by atomic mass is 16.1. The summed E-state index contributed by atoms with van der Waals surface area (Å²) in [4.78, 5) is 11.9. The summed E-state index contributed by atoms with van der Waals surface area (Å²) >= 11 is 0. The number of carbonyl (C=O) groups excluding carboxylic acids is 1. The summed E-state index contributed by atoms with van der Waals surface area (Å²) < 4.78 is 0. The van der Waals surface area contributed by atoms with E-state index in [1.807, 2.05) is 31.2 Å². The molecule has 0 aromatic heterocycles. The lowest BCUT2D eigenvalue weighted by molar-refractivity contribution is 0.0951. The lowest BCUT2D eigenvalue weighted by Gasteiger charge is -2.17. The average Bonchev–Trinajstić information content (AvgIpc) is 2.23. The van der Waals surface area contributed by atoms with E-state index in [2.05, 4.69) is 26.1 Å². The van der Waals surface area contributed by atoms with Gasteiger partial charge in [-0.1, -0.05) is 39.0 Å². The summed E-state index contributed by atoms with van der Waals surface area (Å²) in [7, 11) is 0. The van der Waals surface area contributed by atoms with E-state index in [1.165, 1.54) is 0 Å². The Labute approximate surface area is 104 Å². The second kappa shape index (κ2) is 5.85. The highest BCUT2D eigenvalue weighted by molar-refractivity contribution is 5.95. The Kier molecular flexibility index (Phi) is 4.73. The van der Waals surface area contributed by atoms with Crippen molar-refractivity contribution in [2.75, 3.05) is 6.54 Å². The molecule has 1 N–H and O–H groups in total. The van der Waals surface area contributed by atoms with Gasteiger partial charge in [0.15, 0.2) is 0 Å². The molecule has 1 amide bonds. The maximum atomic E-state index is 11.9. The van der Waals surface area contributed by atoms with E-state index in [4.69, 9.17) is 0 Å². The van der Waals surface area contributed by atoms with Gasteiger partial charge in [-0.05, 0) is 36.8 Å². The van der Waals surface area contributed by atoms with E-state index in [9.17, 15) is 4.79 Å². The average molecular weight is 233 g/mol. The minimum absolute atomic E-state index is 0.0389. The van der Waals surface area contributed by atoms with E-state index in [0.29, 0.717) is 5.41 Å². The van der Waals surface area contributed by atoms with Crippen molar-refractivity contribution < 1.29 is 4.79 Å². The Bertz CT molecular complexity index is 377. The van der Waals surface area contributed by atoms with E-state index in [1.54, 1.807) is 0 Å². The molecule has 0 unspecified atom stereocenters. The first-order chi connectivity index (χ1) is 7.90. The van der Waals surface area contributed by atoms with Gasteiger partial charge in [0.05, 0.1) is 0 Å². The van der Waals surface area contributed by atoms with Crippen LogP contribution in [-0.2, 0) is 0 Å². The lowest BCUT2D eigenvalue weighted by Crippen LogP contribution is -2.25. The number of hydrogen-bond acceptors (Lipinski definition) is 1. The second-order valence-corrected chi connectivity index (χ2v) is 5.74. The predicted octanol–water partition coefficient (Wildman–Crippen LogP) is 3.55. The normalized spacial score (nSPS) is 11.3. The van der Waals surface area contributed by atoms with Crippen molar-refractivity contribution in [2.45, 2.75) is 40.5 Å². The molecule has 0 aliphatic heterocycles. The van der Waals surface area contributed by atoms with Crippen molar-refractivity contribution in [2.24, 2.45) is 5.41 Å². The smallest absolute Gasteiger partial charge is 0.251 e. The van der Waals surface area contributed by atoms with Crippen LogP contribution in [0, 0.1) is 12.3 Å². The highest BCUT2D eigenvalue weighted by Crippen LogP contribution is 2.19. The molecule has 0 saturated heterocycles. The second-order valence-electron chi connectivity index (χ2n) is 5.74. The van der Waals surface area contributed by atoms with Gasteiger partial charge in [-0.25, -0.2) is 0 Å². The third-order valence-corrected chi connectivity index (χ3v) is 2.78. The molecule has 0 saturated carbocycles. The Morgan fingerprint density at radius 1 is 1.24 bits per heavy atom. The zero-order chi connectivity index (χ0) is 12.9. The summed E-state index contributed by atoms with van der Waals surface area (Å²) in [5, 5.41) is 2.97. The van der Waals surface area contributed by atoms with Crippen LogP contribution in [0.25, 0.3) is 0 Å². The van der Waals surface area contributed by atoms with Crippen LogP contribution in [0.15, 0.2) is 24.3 Å². The number of rotatable bonds is 4. The summed E-state index contributed by atoms with van der Waals surface area (Å²) in [6.45, 7) is 9.37. The number of benzene rings is 1. The molecule has 0 bridgehead atoms.